The molecule has 1 rings (SSSR count). The van der Waals surface area contributed by atoms with Gasteiger partial charge in [-0.1, -0.05) is 0 Å². The standard InChI is InChI=1S/C10H17N3O2/c1-6-4-9(15-3)7(10(11)13-12)5-8(6)14-2/h4-5,10,13H,11-12H2,1-3H3. The number of nitrogens with one attached hydrogen (secondary N) is 1. The van der Waals surface area contributed by atoms with Gasteiger partial charge in [-0.15, -0.1) is 0 Å². The number of methoxy groups -OCH3 is 2. The van der Waals surface area contributed by atoms with E-state index in [1.54, 1.807) is 14.2 Å². The fourth-order valence-corrected chi connectivity index (χ4v) is 1.41. The second-order valence-electron chi connectivity index (χ2n) is 3.21. The molecule has 0 amide bonds. The Balaban J connectivity index is 3.22. The van der Waals surface area contributed by atoms with Crippen LogP contribution in [0.3, 0.4) is 0 Å². The van der Waals surface area contributed by atoms with Gasteiger partial charge < -0.3 is 15.2 Å². The molecule has 0 bridgehead atoms. The van der Waals surface area contributed by atoms with Crippen LogP contribution < -0.4 is 26.5 Å². The van der Waals surface area contributed by atoms with Gasteiger partial charge >= 0.3 is 0 Å². The molecule has 15 heavy (non-hydrogen) atoms. The topological polar surface area (TPSA) is 82.5 Å². The summed E-state index contributed by atoms with van der Waals surface area (Å²) in [5, 5.41) is 0. The zero-order chi connectivity index (χ0) is 11.4. The lowest BCUT2D eigenvalue weighted by atomic mass is 10.1. The Morgan fingerprint density at radius 2 is 1.80 bits per heavy atom. The van der Waals surface area contributed by atoms with Crippen LogP contribution in [0.25, 0.3) is 0 Å². The number of nitrogens with two attached hydrogens (primary N) is 2. The molecule has 5 nitrogen and oxygen atoms in total. The maximum Gasteiger partial charge on any atom is 0.125 e. The fourth-order valence-electron chi connectivity index (χ4n) is 1.41. The highest BCUT2D eigenvalue weighted by Crippen LogP contribution is 2.30. The van der Waals surface area contributed by atoms with Crippen molar-refractivity contribution in [3.63, 3.8) is 0 Å². The quantitative estimate of drug-likeness (QED) is 0.382. The first-order valence-electron chi connectivity index (χ1n) is 4.58. The second-order valence-corrected chi connectivity index (χ2v) is 3.21. The van der Waals surface area contributed by atoms with Crippen molar-refractivity contribution in [3.8, 4) is 11.5 Å². The number of aryl methyl sites for hydroxylation is 1. The van der Waals surface area contributed by atoms with E-state index in [2.05, 4.69) is 5.43 Å². The molecule has 0 radical (unpaired) electrons. The van der Waals surface area contributed by atoms with Gasteiger partial charge in [-0.05, 0) is 24.6 Å². The van der Waals surface area contributed by atoms with Crippen LogP contribution >= 0.6 is 0 Å². The van der Waals surface area contributed by atoms with E-state index in [4.69, 9.17) is 21.1 Å². The van der Waals surface area contributed by atoms with Crippen molar-refractivity contribution in [1.82, 2.24) is 5.43 Å². The number of hydrogen-bond acceptors (Lipinski definition) is 5. The van der Waals surface area contributed by atoms with Crippen molar-refractivity contribution in [2.45, 2.75) is 13.1 Å². The van der Waals surface area contributed by atoms with E-state index in [-0.39, 0.29) is 0 Å². The average molecular weight is 211 g/mol. The van der Waals surface area contributed by atoms with Crippen LogP contribution in [0.4, 0.5) is 0 Å². The molecule has 0 heterocycles. The Morgan fingerprint density at radius 3 is 2.27 bits per heavy atom. The van der Waals surface area contributed by atoms with Gasteiger partial charge in [-0.25, -0.2) is 5.43 Å². The largest absolute Gasteiger partial charge is 0.496 e. The van der Waals surface area contributed by atoms with E-state index in [9.17, 15) is 0 Å². The first-order valence-corrected chi connectivity index (χ1v) is 4.58. The van der Waals surface area contributed by atoms with E-state index in [1.807, 2.05) is 19.1 Å². The molecule has 1 unspecified atom stereocenters. The predicted molar refractivity (Wildman–Crippen MR) is 58.5 cm³/mol. The van der Waals surface area contributed by atoms with Gasteiger partial charge in [0.15, 0.2) is 0 Å². The van der Waals surface area contributed by atoms with Crippen LogP contribution in [0.15, 0.2) is 12.1 Å². The summed E-state index contributed by atoms with van der Waals surface area (Å²) in [6, 6.07) is 3.68. The molecule has 0 aliphatic carbocycles. The molecule has 5 heteroatoms. The van der Waals surface area contributed by atoms with Crippen LogP contribution in [0.2, 0.25) is 0 Å². The van der Waals surface area contributed by atoms with Gasteiger partial charge in [-0.2, -0.15) is 0 Å². The zero-order valence-electron chi connectivity index (χ0n) is 9.20. The number of benzene rings is 1. The first kappa shape index (κ1) is 11.8. The van der Waals surface area contributed by atoms with Crippen LogP contribution in [0.5, 0.6) is 11.5 Å². The summed E-state index contributed by atoms with van der Waals surface area (Å²) >= 11 is 0. The third-order valence-electron chi connectivity index (χ3n) is 2.26. The molecule has 1 aromatic rings. The molecule has 0 aliphatic heterocycles. The van der Waals surface area contributed by atoms with Crippen molar-refractivity contribution in [1.29, 1.82) is 0 Å². The Morgan fingerprint density at radius 1 is 1.20 bits per heavy atom. The molecule has 5 N–H and O–H groups in total. The number of hydrogen-bond donors (Lipinski definition) is 3. The van der Waals surface area contributed by atoms with Crippen molar-refractivity contribution in [3.05, 3.63) is 23.3 Å². The minimum atomic E-state index is -0.477. The van der Waals surface area contributed by atoms with Gasteiger partial charge in [0.05, 0.1) is 20.4 Å². The number of ether oxygens (including phenoxy) is 2. The molecule has 84 valence electrons. The Labute approximate surface area is 89.3 Å². The van der Waals surface area contributed by atoms with E-state index in [1.165, 1.54) is 0 Å². The van der Waals surface area contributed by atoms with Crippen LogP contribution in [0.1, 0.15) is 17.3 Å². The third kappa shape index (κ3) is 2.38. The first-order chi connectivity index (χ1) is 7.13. The molecular weight excluding hydrogens is 194 g/mol. The monoisotopic (exact) mass is 211 g/mol. The van der Waals surface area contributed by atoms with Crippen molar-refractivity contribution >= 4 is 0 Å². The molecule has 1 atom stereocenters. The van der Waals surface area contributed by atoms with Crippen LogP contribution in [0, 0.1) is 6.92 Å². The molecular formula is C10H17N3O2. The van der Waals surface area contributed by atoms with Crippen molar-refractivity contribution in [2.75, 3.05) is 14.2 Å². The molecule has 0 aliphatic rings. The van der Waals surface area contributed by atoms with Gasteiger partial charge in [0, 0.05) is 5.56 Å². The van der Waals surface area contributed by atoms with Crippen LogP contribution in [-0.2, 0) is 0 Å². The van der Waals surface area contributed by atoms with Crippen molar-refractivity contribution < 1.29 is 9.47 Å². The molecule has 0 saturated carbocycles. The zero-order valence-corrected chi connectivity index (χ0v) is 9.20. The molecule has 0 saturated heterocycles. The summed E-state index contributed by atoms with van der Waals surface area (Å²) in [6.07, 6.45) is -0.477. The summed E-state index contributed by atoms with van der Waals surface area (Å²) < 4.78 is 10.4. The minimum Gasteiger partial charge on any atom is -0.496 e. The van der Waals surface area contributed by atoms with Gasteiger partial charge in [0.2, 0.25) is 0 Å². The highest BCUT2D eigenvalue weighted by atomic mass is 16.5. The maximum atomic E-state index is 5.77. The lowest BCUT2D eigenvalue weighted by molar-refractivity contribution is 0.389. The highest BCUT2D eigenvalue weighted by molar-refractivity contribution is 5.47. The maximum absolute atomic E-state index is 5.77. The van der Waals surface area contributed by atoms with Gasteiger partial charge in [-0.3, -0.25) is 5.84 Å². The van der Waals surface area contributed by atoms with Crippen molar-refractivity contribution in [2.24, 2.45) is 11.6 Å². The van der Waals surface area contributed by atoms with E-state index in [0.717, 1.165) is 16.9 Å². The molecule has 0 spiro atoms. The number of hydrazine groups is 1. The van der Waals surface area contributed by atoms with Gasteiger partial charge in [0.1, 0.15) is 11.5 Å². The summed E-state index contributed by atoms with van der Waals surface area (Å²) in [7, 11) is 3.20. The third-order valence-corrected chi connectivity index (χ3v) is 2.26. The minimum absolute atomic E-state index is 0.477. The Kier molecular flexibility index (Phi) is 3.90. The molecule has 0 fully saturated rings. The number of rotatable bonds is 4. The summed E-state index contributed by atoms with van der Waals surface area (Å²) in [4.78, 5) is 0. The lowest BCUT2D eigenvalue weighted by Gasteiger charge is -2.17. The fraction of sp³-hybridized carbons (Fsp3) is 0.400. The Hall–Kier alpha value is -1.30. The smallest absolute Gasteiger partial charge is 0.125 e. The summed E-state index contributed by atoms with van der Waals surface area (Å²) in [6.45, 7) is 1.94. The summed E-state index contributed by atoms with van der Waals surface area (Å²) in [5.74, 6) is 6.74. The highest BCUT2D eigenvalue weighted by Gasteiger charge is 2.13. The molecule has 0 aromatic heterocycles. The average Bonchev–Trinajstić information content (AvgIpc) is 2.27. The van der Waals surface area contributed by atoms with Crippen LogP contribution in [-0.4, -0.2) is 14.2 Å². The van der Waals surface area contributed by atoms with E-state index >= 15 is 0 Å². The van der Waals surface area contributed by atoms with E-state index in [0.29, 0.717) is 5.75 Å². The summed E-state index contributed by atoms with van der Waals surface area (Å²) in [5.41, 5.74) is 10.00. The lowest BCUT2D eigenvalue weighted by Crippen LogP contribution is -2.34. The SMILES string of the molecule is COc1cc(C(N)NN)c(OC)cc1C. The normalized spacial score (nSPS) is 12.3. The predicted octanol–water partition coefficient (Wildman–Crippen LogP) is 0.433. The second kappa shape index (κ2) is 4.97. The Bertz CT molecular complexity index is 342. The van der Waals surface area contributed by atoms with E-state index < -0.39 is 6.17 Å². The van der Waals surface area contributed by atoms with Gasteiger partial charge in [0.25, 0.3) is 0 Å². The molecule has 1 aromatic carbocycles.